The maximum atomic E-state index is 11.6. The number of hydrogen-bond acceptors (Lipinski definition) is 7. The molecule has 0 aromatic carbocycles. The molecule has 1 rings (SSSR count). The van der Waals surface area contributed by atoms with E-state index in [1.807, 2.05) is 19.2 Å². The van der Waals surface area contributed by atoms with Gasteiger partial charge in [0.15, 0.2) is 0 Å². The zero-order valence-corrected chi connectivity index (χ0v) is 14.6. The first-order valence-electron chi connectivity index (χ1n) is 6.48. The minimum Gasteiger partial charge on any atom is -0.474 e. The van der Waals surface area contributed by atoms with Gasteiger partial charge < -0.3 is 14.2 Å². The van der Waals surface area contributed by atoms with Gasteiger partial charge in [0.2, 0.25) is 5.88 Å². The molecule has 0 unspecified atom stereocenters. The average molecular weight is 376 g/mol. The molecular formula is C13H18BrN3O5. The number of hydrogen-bond donors (Lipinski definition) is 1. The van der Waals surface area contributed by atoms with Crippen LogP contribution in [-0.4, -0.2) is 33.9 Å². The minimum atomic E-state index is -1.05. The van der Waals surface area contributed by atoms with Crippen LogP contribution in [0.2, 0.25) is 0 Å². The molecule has 0 fully saturated rings. The maximum Gasteiger partial charge on any atom is 0.424 e. The zero-order chi connectivity index (χ0) is 16.9. The Morgan fingerprint density at radius 2 is 1.91 bits per heavy atom. The Kier molecular flexibility index (Phi) is 6.10. The summed E-state index contributed by atoms with van der Waals surface area (Å²) in [5.41, 5.74) is -0.725. The summed E-state index contributed by atoms with van der Waals surface area (Å²) in [5.74, 6) is 0.227. The Hall–Kier alpha value is -1.90. The first-order chi connectivity index (χ1) is 10.1. The Morgan fingerprint density at radius 1 is 1.27 bits per heavy atom. The summed E-state index contributed by atoms with van der Waals surface area (Å²) in [5, 5.41) is 1.90. The molecule has 22 heavy (non-hydrogen) atoms. The van der Waals surface area contributed by atoms with Crippen molar-refractivity contribution in [3.63, 3.8) is 0 Å². The van der Waals surface area contributed by atoms with E-state index in [4.69, 9.17) is 14.2 Å². The number of carbonyl (C=O) groups excluding carboxylic acids is 2. The molecular weight excluding hydrogens is 358 g/mol. The predicted molar refractivity (Wildman–Crippen MR) is 80.9 cm³/mol. The van der Waals surface area contributed by atoms with Gasteiger partial charge in [-0.05, 0) is 50.5 Å². The fraction of sp³-hybridized carbons (Fsp3) is 0.538. The second kappa shape index (κ2) is 7.39. The summed E-state index contributed by atoms with van der Waals surface area (Å²) in [4.78, 5) is 30.7. The van der Waals surface area contributed by atoms with Gasteiger partial charge in [-0.3, -0.25) is 0 Å². The lowest BCUT2D eigenvalue weighted by Gasteiger charge is -2.18. The third kappa shape index (κ3) is 6.70. The molecule has 1 aromatic rings. The molecule has 0 saturated heterocycles. The van der Waals surface area contributed by atoms with Gasteiger partial charge in [0.05, 0.1) is 16.8 Å². The number of ether oxygens (including phenoxy) is 3. The lowest BCUT2D eigenvalue weighted by atomic mass is 10.2. The van der Waals surface area contributed by atoms with Crippen molar-refractivity contribution in [3.05, 3.63) is 10.7 Å². The summed E-state index contributed by atoms with van der Waals surface area (Å²) in [7, 11) is 0. The van der Waals surface area contributed by atoms with Gasteiger partial charge in [-0.1, -0.05) is 0 Å². The van der Waals surface area contributed by atoms with Crippen molar-refractivity contribution in [2.75, 3.05) is 0 Å². The summed E-state index contributed by atoms with van der Waals surface area (Å²) in [6, 6.07) is -0.250. The Labute approximate surface area is 136 Å². The molecule has 0 radical (unpaired) electrons. The van der Waals surface area contributed by atoms with E-state index in [1.165, 1.54) is 6.20 Å². The molecule has 2 amide bonds. The van der Waals surface area contributed by atoms with Gasteiger partial charge in [0, 0.05) is 0 Å². The molecule has 122 valence electrons. The van der Waals surface area contributed by atoms with E-state index in [2.05, 4.69) is 25.9 Å². The number of amides is 2. The molecule has 0 spiro atoms. The van der Waals surface area contributed by atoms with Gasteiger partial charge in [0.1, 0.15) is 5.60 Å². The third-order valence-electron chi connectivity index (χ3n) is 1.82. The number of nitrogens with zero attached hydrogens (tertiary/aromatic N) is 2. The van der Waals surface area contributed by atoms with E-state index in [0.29, 0.717) is 4.47 Å². The standard InChI is InChI=1S/C13H18BrN3O5/c1-7(2)20-9-8(14)6-15-10(16-9)21-11(18)17-12(19)22-13(3,4)5/h6-7H,1-5H3,(H,17,18,19). The van der Waals surface area contributed by atoms with Crippen LogP contribution in [0.3, 0.4) is 0 Å². The fourth-order valence-corrected chi connectivity index (χ4v) is 1.47. The summed E-state index contributed by atoms with van der Waals surface area (Å²) in [6.07, 6.45) is -0.712. The highest BCUT2D eigenvalue weighted by Crippen LogP contribution is 2.24. The Morgan fingerprint density at radius 3 is 2.45 bits per heavy atom. The summed E-state index contributed by atoms with van der Waals surface area (Å²) in [6.45, 7) is 8.66. The molecule has 0 atom stereocenters. The van der Waals surface area contributed by atoms with Gasteiger partial charge in [-0.25, -0.2) is 19.9 Å². The molecule has 0 saturated carbocycles. The molecule has 8 nitrogen and oxygen atoms in total. The van der Waals surface area contributed by atoms with Crippen molar-refractivity contribution in [1.82, 2.24) is 15.3 Å². The lowest BCUT2D eigenvalue weighted by molar-refractivity contribution is 0.0532. The van der Waals surface area contributed by atoms with Gasteiger partial charge in [-0.15, -0.1) is 0 Å². The van der Waals surface area contributed by atoms with E-state index in [-0.39, 0.29) is 18.0 Å². The van der Waals surface area contributed by atoms with Crippen LogP contribution in [0.15, 0.2) is 10.7 Å². The highest BCUT2D eigenvalue weighted by Gasteiger charge is 2.20. The van der Waals surface area contributed by atoms with Gasteiger partial charge >= 0.3 is 18.2 Å². The smallest absolute Gasteiger partial charge is 0.424 e. The summed E-state index contributed by atoms with van der Waals surface area (Å²) < 4.78 is 15.6. The van der Waals surface area contributed by atoms with Crippen molar-refractivity contribution in [2.45, 2.75) is 46.3 Å². The predicted octanol–water partition coefficient (Wildman–Crippen LogP) is 3.05. The van der Waals surface area contributed by atoms with E-state index in [1.54, 1.807) is 20.8 Å². The van der Waals surface area contributed by atoms with Crippen molar-refractivity contribution < 1.29 is 23.8 Å². The average Bonchev–Trinajstić information content (AvgIpc) is 2.29. The number of rotatable bonds is 3. The van der Waals surface area contributed by atoms with E-state index in [0.717, 1.165) is 0 Å². The van der Waals surface area contributed by atoms with Crippen LogP contribution in [0.1, 0.15) is 34.6 Å². The van der Waals surface area contributed by atoms with Crippen LogP contribution in [0.4, 0.5) is 9.59 Å². The molecule has 1 heterocycles. The SMILES string of the molecule is CC(C)Oc1nc(OC(=O)NC(=O)OC(C)(C)C)ncc1Br. The highest BCUT2D eigenvalue weighted by atomic mass is 79.9. The number of carbonyl (C=O) groups is 2. The molecule has 0 aliphatic rings. The summed E-state index contributed by atoms with van der Waals surface area (Å²) >= 11 is 3.22. The molecule has 0 aliphatic carbocycles. The third-order valence-corrected chi connectivity index (χ3v) is 2.37. The first-order valence-corrected chi connectivity index (χ1v) is 7.27. The van der Waals surface area contributed by atoms with Crippen LogP contribution < -0.4 is 14.8 Å². The van der Waals surface area contributed by atoms with Gasteiger partial charge in [0.25, 0.3) is 0 Å². The van der Waals surface area contributed by atoms with Crippen molar-refractivity contribution >= 4 is 28.1 Å². The fourth-order valence-electron chi connectivity index (χ4n) is 1.19. The van der Waals surface area contributed by atoms with Crippen LogP contribution in [-0.2, 0) is 4.74 Å². The van der Waals surface area contributed by atoms with E-state index < -0.39 is 17.8 Å². The van der Waals surface area contributed by atoms with Crippen LogP contribution in [0, 0.1) is 0 Å². The topological polar surface area (TPSA) is 99.6 Å². The molecule has 9 heteroatoms. The Bertz CT molecular complexity index is 557. The number of halogens is 1. The second-order valence-electron chi connectivity index (χ2n) is 5.49. The van der Waals surface area contributed by atoms with Crippen LogP contribution in [0.5, 0.6) is 11.9 Å². The van der Waals surface area contributed by atoms with Crippen molar-refractivity contribution in [2.24, 2.45) is 0 Å². The van der Waals surface area contributed by atoms with Crippen molar-refractivity contribution in [1.29, 1.82) is 0 Å². The minimum absolute atomic E-state index is 0.116. The lowest BCUT2D eigenvalue weighted by Crippen LogP contribution is -2.38. The maximum absolute atomic E-state index is 11.6. The second-order valence-corrected chi connectivity index (χ2v) is 6.34. The normalized spacial score (nSPS) is 11.0. The van der Waals surface area contributed by atoms with Crippen molar-refractivity contribution in [3.8, 4) is 11.9 Å². The Balaban J connectivity index is 2.66. The number of aromatic nitrogens is 2. The molecule has 0 bridgehead atoms. The number of imide groups is 1. The monoisotopic (exact) mass is 375 g/mol. The number of nitrogens with one attached hydrogen (secondary N) is 1. The molecule has 1 N–H and O–H groups in total. The number of alkyl carbamates (subject to hydrolysis) is 1. The largest absolute Gasteiger partial charge is 0.474 e. The quantitative estimate of drug-likeness (QED) is 0.865. The zero-order valence-electron chi connectivity index (χ0n) is 13.0. The van der Waals surface area contributed by atoms with Crippen LogP contribution >= 0.6 is 15.9 Å². The molecule has 1 aromatic heterocycles. The molecule has 0 aliphatic heterocycles. The van der Waals surface area contributed by atoms with Crippen LogP contribution in [0.25, 0.3) is 0 Å². The highest BCUT2D eigenvalue weighted by molar-refractivity contribution is 9.10. The van der Waals surface area contributed by atoms with E-state index >= 15 is 0 Å². The first kappa shape index (κ1) is 18.1. The van der Waals surface area contributed by atoms with E-state index in [9.17, 15) is 9.59 Å². The van der Waals surface area contributed by atoms with Gasteiger partial charge in [-0.2, -0.15) is 4.98 Å².